The molecule has 0 aliphatic carbocycles. The van der Waals surface area contributed by atoms with Crippen LogP contribution >= 0.6 is 0 Å². The van der Waals surface area contributed by atoms with E-state index in [4.69, 9.17) is 4.74 Å². The van der Waals surface area contributed by atoms with Gasteiger partial charge in [0.1, 0.15) is 17.8 Å². The smallest absolute Gasteiger partial charge is 0.274 e. The van der Waals surface area contributed by atoms with Crippen molar-refractivity contribution in [1.82, 2.24) is 15.0 Å². The van der Waals surface area contributed by atoms with E-state index in [0.29, 0.717) is 5.69 Å². The van der Waals surface area contributed by atoms with Crippen molar-refractivity contribution in [3.8, 4) is 0 Å². The summed E-state index contributed by atoms with van der Waals surface area (Å²) in [6.45, 7) is 10.6. The van der Waals surface area contributed by atoms with Crippen LogP contribution in [0.15, 0.2) is 48.9 Å². The summed E-state index contributed by atoms with van der Waals surface area (Å²) in [6, 6.07) is 11.5. The first-order valence-corrected chi connectivity index (χ1v) is 11.4. The third kappa shape index (κ3) is 5.12. The number of aryl methyl sites for hydroxylation is 1. The molecule has 1 aromatic carbocycles. The van der Waals surface area contributed by atoms with Crippen molar-refractivity contribution in [2.45, 2.75) is 33.9 Å². The molecule has 0 bridgehead atoms. The van der Waals surface area contributed by atoms with Crippen molar-refractivity contribution >= 4 is 23.1 Å². The molecule has 0 radical (unpaired) electrons. The van der Waals surface area contributed by atoms with Crippen LogP contribution in [-0.4, -0.2) is 47.2 Å². The molecule has 0 saturated carbocycles. The molecule has 1 saturated heterocycles. The van der Waals surface area contributed by atoms with Gasteiger partial charge in [-0.2, -0.15) is 0 Å². The van der Waals surface area contributed by atoms with Crippen molar-refractivity contribution in [3.63, 3.8) is 0 Å². The normalized spacial score (nSPS) is 14.9. The summed E-state index contributed by atoms with van der Waals surface area (Å²) >= 11 is 0. The SMILES string of the molecule is CC.Cc1ccnc(C(=O)Nc2ccc(N3Cc4ncnc(N5CCOCC5)c4C3)cc2)c1. The van der Waals surface area contributed by atoms with Crippen LogP contribution in [0.1, 0.15) is 41.2 Å². The number of pyridine rings is 1. The van der Waals surface area contributed by atoms with Crippen LogP contribution in [0.3, 0.4) is 0 Å². The van der Waals surface area contributed by atoms with E-state index < -0.39 is 0 Å². The fourth-order valence-electron chi connectivity index (χ4n) is 4.01. The second-order valence-electron chi connectivity index (χ2n) is 7.80. The Bertz CT molecular complexity index is 1100. The van der Waals surface area contributed by atoms with E-state index in [9.17, 15) is 4.79 Å². The number of nitrogens with zero attached hydrogens (tertiary/aromatic N) is 5. The highest BCUT2D eigenvalue weighted by Gasteiger charge is 2.27. The molecule has 33 heavy (non-hydrogen) atoms. The summed E-state index contributed by atoms with van der Waals surface area (Å²) in [5, 5.41) is 2.91. The van der Waals surface area contributed by atoms with Gasteiger partial charge < -0.3 is 19.9 Å². The molecule has 3 aromatic rings. The largest absolute Gasteiger partial charge is 0.378 e. The molecule has 1 amide bonds. The Morgan fingerprint density at radius 1 is 0.970 bits per heavy atom. The molecule has 172 valence electrons. The van der Waals surface area contributed by atoms with Crippen LogP contribution in [0.2, 0.25) is 0 Å². The van der Waals surface area contributed by atoms with Gasteiger partial charge in [-0.1, -0.05) is 13.8 Å². The molecule has 0 unspecified atom stereocenters. The van der Waals surface area contributed by atoms with Gasteiger partial charge in [0.05, 0.1) is 25.5 Å². The maximum atomic E-state index is 12.4. The minimum atomic E-state index is -0.213. The molecule has 0 atom stereocenters. The van der Waals surface area contributed by atoms with E-state index in [1.807, 2.05) is 51.1 Å². The van der Waals surface area contributed by atoms with Crippen molar-refractivity contribution in [1.29, 1.82) is 0 Å². The van der Waals surface area contributed by atoms with Crippen molar-refractivity contribution in [3.05, 3.63) is 71.4 Å². The summed E-state index contributed by atoms with van der Waals surface area (Å²) in [7, 11) is 0. The second kappa shape index (κ2) is 10.4. The summed E-state index contributed by atoms with van der Waals surface area (Å²) in [4.78, 5) is 30.2. The van der Waals surface area contributed by atoms with Crippen LogP contribution in [0, 0.1) is 6.92 Å². The fourth-order valence-corrected chi connectivity index (χ4v) is 4.01. The Hall–Kier alpha value is -3.52. The Labute approximate surface area is 194 Å². The average molecular weight is 447 g/mol. The number of anilines is 3. The summed E-state index contributed by atoms with van der Waals surface area (Å²) in [5.74, 6) is 0.806. The molecule has 1 fully saturated rings. The van der Waals surface area contributed by atoms with Crippen LogP contribution < -0.4 is 15.1 Å². The zero-order chi connectivity index (χ0) is 23.2. The number of morpholine rings is 1. The van der Waals surface area contributed by atoms with Crippen LogP contribution in [0.4, 0.5) is 17.2 Å². The lowest BCUT2D eigenvalue weighted by atomic mass is 10.2. The maximum Gasteiger partial charge on any atom is 0.274 e. The van der Waals surface area contributed by atoms with Gasteiger partial charge in [0.25, 0.3) is 5.91 Å². The number of hydrogen-bond donors (Lipinski definition) is 1. The monoisotopic (exact) mass is 446 g/mol. The van der Waals surface area contributed by atoms with Gasteiger partial charge in [0.2, 0.25) is 0 Å². The molecule has 2 aromatic heterocycles. The minimum Gasteiger partial charge on any atom is -0.378 e. The standard InChI is InChI=1S/C23H24N6O2.C2H6/c1-16-6-7-24-20(12-16)23(30)27-17-2-4-18(5-3-17)29-13-19-21(14-29)25-15-26-22(19)28-8-10-31-11-9-28;1-2/h2-7,12,15H,8-11,13-14H2,1H3,(H,27,30);1-2H3. The number of ether oxygens (including phenoxy) is 1. The molecule has 2 aliphatic rings. The third-order valence-electron chi connectivity index (χ3n) is 5.65. The molecule has 2 aliphatic heterocycles. The van der Waals surface area contributed by atoms with Crippen LogP contribution in [-0.2, 0) is 17.8 Å². The lowest BCUT2D eigenvalue weighted by molar-refractivity contribution is 0.102. The Morgan fingerprint density at radius 2 is 1.73 bits per heavy atom. The quantitative estimate of drug-likeness (QED) is 0.652. The Kier molecular flexibility index (Phi) is 7.14. The minimum absolute atomic E-state index is 0.213. The van der Waals surface area contributed by atoms with E-state index in [1.54, 1.807) is 18.6 Å². The number of carbonyl (C=O) groups excluding carboxylic acids is 1. The highest BCUT2D eigenvalue weighted by atomic mass is 16.5. The summed E-state index contributed by atoms with van der Waals surface area (Å²) in [6.07, 6.45) is 3.30. The predicted molar refractivity (Wildman–Crippen MR) is 130 cm³/mol. The number of rotatable bonds is 4. The fraction of sp³-hybridized carbons (Fsp3) is 0.360. The molecule has 0 spiro atoms. The third-order valence-corrected chi connectivity index (χ3v) is 5.65. The average Bonchev–Trinajstić information content (AvgIpc) is 3.31. The first kappa shape index (κ1) is 22.7. The molecular weight excluding hydrogens is 416 g/mol. The molecule has 5 rings (SSSR count). The molecule has 8 heteroatoms. The zero-order valence-electron chi connectivity index (χ0n) is 19.4. The van der Waals surface area contributed by atoms with Crippen molar-refractivity contribution in [2.75, 3.05) is 41.4 Å². The Balaban J connectivity index is 0.00000126. The number of fused-ring (bicyclic) bond motifs is 1. The van der Waals surface area contributed by atoms with Crippen LogP contribution in [0.25, 0.3) is 0 Å². The van der Waals surface area contributed by atoms with Gasteiger partial charge in [0.15, 0.2) is 0 Å². The lowest BCUT2D eigenvalue weighted by Gasteiger charge is -2.29. The number of nitrogens with one attached hydrogen (secondary N) is 1. The molecule has 8 nitrogen and oxygen atoms in total. The van der Waals surface area contributed by atoms with E-state index in [0.717, 1.165) is 67.8 Å². The van der Waals surface area contributed by atoms with Gasteiger partial charge >= 0.3 is 0 Å². The zero-order valence-corrected chi connectivity index (χ0v) is 19.4. The molecular formula is C25H30N6O2. The van der Waals surface area contributed by atoms with Crippen LogP contribution in [0.5, 0.6) is 0 Å². The van der Waals surface area contributed by atoms with E-state index in [-0.39, 0.29) is 5.91 Å². The number of carbonyl (C=O) groups is 1. The van der Waals surface area contributed by atoms with Gasteiger partial charge in [0, 0.05) is 42.8 Å². The van der Waals surface area contributed by atoms with Gasteiger partial charge in [-0.15, -0.1) is 0 Å². The number of amides is 1. The predicted octanol–water partition coefficient (Wildman–Crippen LogP) is 3.82. The first-order valence-electron chi connectivity index (χ1n) is 11.4. The van der Waals surface area contributed by atoms with E-state index in [1.165, 1.54) is 5.56 Å². The number of aromatic nitrogens is 3. The highest BCUT2D eigenvalue weighted by molar-refractivity contribution is 6.03. The molecule has 4 heterocycles. The number of benzene rings is 1. The number of hydrogen-bond acceptors (Lipinski definition) is 7. The first-order chi connectivity index (χ1) is 16.2. The topological polar surface area (TPSA) is 83.5 Å². The second-order valence-corrected chi connectivity index (χ2v) is 7.80. The van der Waals surface area contributed by atoms with Gasteiger partial charge in [-0.25, -0.2) is 9.97 Å². The highest BCUT2D eigenvalue weighted by Crippen LogP contribution is 2.32. The van der Waals surface area contributed by atoms with E-state index >= 15 is 0 Å². The van der Waals surface area contributed by atoms with Gasteiger partial charge in [-0.05, 0) is 48.9 Å². The lowest BCUT2D eigenvalue weighted by Crippen LogP contribution is -2.37. The van der Waals surface area contributed by atoms with E-state index in [2.05, 4.69) is 30.1 Å². The summed E-state index contributed by atoms with van der Waals surface area (Å²) in [5.41, 5.74) is 5.49. The van der Waals surface area contributed by atoms with Crippen molar-refractivity contribution < 1.29 is 9.53 Å². The maximum absolute atomic E-state index is 12.4. The Morgan fingerprint density at radius 3 is 2.45 bits per heavy atom. The van der Waals surface area contributed by atoms with Crippen molar-refractivity contribution in [2.24, 2.45) is 0 Å². The van der Waals surface area contributed by atoms with Gasteiger partial charge in [-0.3, -0.25) is 9.78 Å². The summed E-state index contributed by atoms with van der Waals surface area (Å²) < 4.78 is 5.47. The molecule has 1 N–H and O–H groups in total.